The van der Waals surface area contributed by atoms with E-state index in [4.69, 9.17) is 16.7 Å². The van der Waals surface area contributed by atoms with Crippen LogP contribution < -0.4 is 0 Å². The summed E-state index contributed by atoms with van der Waals surface area (Å²) in [5.74, 6) is -1.80. The van der Waals surface area contributed by atoms with Crippen LogP contribution in [0.4, 0.5) is 9.18 Å². The van der Waals surface area contributed by atoms with E-state index in [1.165, 1.54) is 17.2 Å². The first kappa shape index (κ1) is 13.7. The quantitative estimate of drug-likeness (QED) is 0.669. The van der Waals surface area contributed by atoms with E-state index >= 15 is 0 Å². The van der Waals surface area contributed by atoms with Gasteiger partial charge in [-0.3, -0.25) is 4.79 Å². The number of halogens is 2. The Bertz CT molecular complexity index is 524. The number of carboxylic acid groups (broad SMARTS) is 1. The lowest BCUT2D eigenvalue weighted by Crippen LogP contribution is -2.41. The van der Waals surface area contributed by atoms with E-state index < -0.39 is 23.6 Å². The van der Waals surface area contributed by atoms with E-state index in [-0.39, 0.29) is 17.3 Å². The number of aromatic nitrogens is 1. The third-order valence-corrected chi connectivity index (χ3v) is 3.44. The van der Waals surface area contributed by atoms with E-state index in [0.717, 1.165) is 0 Å². The molecule has 19 heavy (non-hydrogen) atoms. The third-order valence-electron chi connectivity index (χ3n) is 3.17. The number of likely N-dealkylation sites (tertiary alicyclic amines) is 1. The van der Waals surface area contributed by atoms with Gasteiger partial charge in [0.2, 0.25) is 0 Å². The van der Waals surface area contributed by atoms with Gasteiger partial charge in [-0.05, 0) is 18.9 Å². The zero-order valence-electron chi connectivity index (χ0n) is 9.97. The number of carbonyl (C=O) groups is 2. The van der Waals surface area contributed by atoms with Gasteiger partial charge >= 0.3 is 6.09 Å². The molecule has 1 atom stereocenters. The van der Waals surface area contributed by atoms with Crippen LogP contribution in [0, 0.1) is 11.7 Å². The van der Waals surface area contributed by atoms with Crippen molar-refractivity contribution in [3.8, 4) is 0 Å². The van der Waals surface area contributed by atoms with Crippen LogP contribution in [0.2, 0.25) is 5.15 Å². The number of pyridine rings is 1. The van der Waals surface area contributed by atoms with E-state index in [9.17, 15) is 14.0 Å². The highest BCUT2D eigenvalue weighted by molar-refractivity contribution is 6.30. The van der Waals surface area contributed by atoms with E-state index in [2.05, 4.69) is 4.98 Å². The van der Waals surface area contributed by atoms with Crippen LogP contribution in [0.25, 0.3) is 0 Å². The van der Waals surface area contributed by atoms with Gasteiger partial charge < -0.3 is 10.0 Å². The molecule has 1 amide bonds. The monoisotopic (exact) mass is 286 g/mol. The fourth-order valence-electron chi connectivity index (χ4n) is 2.19. The summed E-state index contributed by atoms with van der Waals surface area (Å²) in [6, 6.07) is 1.27. The molecule has 1 saturated heterocycles. The highest BCUT2D eigenvalue weighted by Crippen LogP contribution is 2.24. The Morgan fingerprint density at radius 1 is 1.53 bits per heavy atom. The van der Waals surface area contributed by atoms with Gasteiger partial charge in [-0.2, -0.15) is 0 Å². The summed E-state index contributed by atoms with van der Waals surface area (Å²) in [4.78, 5) is 27.8. The molecule has 2 heterocycles. The van der Waals surface area contributed by atoms with Crippen molar-refractivity contribution in [2.75, 3.05) is 13.1 Å². The predicted octanol–water partition coefficient (Wildman–Crippen LogP) is 2.45. The van der Waals surface area contributed by atoms with Gasteiger partial charge in [0.25, 0.3) is 0 Å². The van der Waals surface area contributed by atoms with E-state index in [1.54, 1.807) is 0 Å². The first-order chi connectivity index (χ1) is 9.00. The molecule has 1 aromatic heterocycles. The highest BCUT2D eigenvalue weighted by Gasteiger charge is 2.30. The largest absolute Gasteiger partial charge is 0.465 e. The summed E-state index contributed by atoms with van der Waals surface area (Å²) in [7, 11) is 0. The van der Waals surface area contributed by atoms with Crippen molar-refractivity contribution in [1.29, 1.82) is 0 Å². The van der Waals surface area contributed by atoms with Crippen LogP contribution in [0.5, 0.6) is 0 Å². The minimum Gasteiger partial charge on any atom is -0.465 e. The molecule has 1 aliphatic heterocycles. The molecular formula is C12H12ClFN2O3. The standard InChI is InChI=1S/C12H12ClFN2O3/c13-11-9(14)8(3-4-15-11)10(17)7-2-1-5-16(6-7)12(18)19/h3-4,7H,1-2,5-6H2,(H,18,19). The van der Waals surface area contributed by atoms with E-state index in [0.29, 0.717) is 19.4 Å². The van der Waals surface area contributed by atoms with Gasteiger partial charge in [0.15, 0.2) is 16.8 Å². The molecule has 0 bridgehead atoms. The summed E-state index contributed by atoms with van der Waals surface area (Å²) in [6.07, 6.45) is 1.33. The topological polar surface area (TPSA) is 70.5 Å². The second kappa shape index (κ2) is 5.52. The molecule has 0 radical (unpaired) electrons. The Morgan fingerprint density at radius 2 is 2.26 bits per heavy atom. The fourth-order valence-corrected chi connectivity index (χ4v) is 2.35. The van der Waals surface area contributed by atoms with Crippen LogP contribution in [0.1, 0.15) is 23.2 Å². The van der Waals surface area contributed by atoms with Crippen LogP contribution in [-0.4, -0.2) is 40.0 Å². The first-order valence-electron chi connectivity index (χ1n) is 5.82. The molecule has 2 rings (SSSR count). The van der Waals surface area contributed by atoms with Crippen LogP contribution in [0.15, 0.2) is 12.3 Å². The van der Waals surface area contributed by atoms with Gasteiger partial charge in [0.05, 0.1) is 5.56 Å². The molecule has 102 valence electrons. The van der Waals surface area contributed by atoms with Gasteiger partial charge in [0, 0.05) is 25.2 Å². The molecule has 1 unspecified atom stereocenters. The van der Waals surface area contributed by atoms with Crippen molar-refractivity contribution >= 4 is 23.5 Å². The Morgan fingerprint density at radius 3 is 2.95 bits per heavy atom. The number of piperidine rings is 1. The number of Topliss-reactive ketones (excluding diaryl/α,β-unsaturated/α-hetero) is 1. The molecule has 7 heteroatoms. The smallest absolute Gasteiger partial charge is 0.407 e. The van der Waals surface area contributed by atoms with Crippen LogP contribution >= 0.6 is 11.6 Å². The number of hydrogen-bond donors (Lipinski definition) is 1. The maximum absolute atomic E-state index is 13.7. The molecule has 1 fully saturated rings. The highest BCUT2D eigenvalue weighted by atomic mass is 35.5. The molecular weight excluding hydrogens is 275 g/mol. The van der Waals surface area contributed by atoms with Gasteiger partial charge in [0.1, 0.15) is 0 Å². The second-order valence-electron chi connectivity index (χ2n) is 4.40. The molecule has 1 aliphatic rings. The van der Waals surface area contributed by atoms with E-state index in [1.807, 2.05) is 0 Å². The molecule has 0 aromatic carbocycles. The first-order valence-corrected chi connectivity index (χ1v) is 6.20. The number of amides is 1. The fraction of sp³-hybridized carbons (Fsp3) is 0.417. The molecule has 0 spiro atoms. The average molecular weight is 287 g/mol. The SMILES string of the molecule is O=C(c1ccnc(Cl)c1F)C1CCCN(C(=O)O)C1. The third kappa shape index (κ3) is 2.84. The van der Waals surface area contributed by atoms with Crippen LogP contribution in [-0.2, 0) is 0 Å². The summed E-state index contributed by atoms with van der Waals surface area (Å²) < 4.78 is 13.7. The van der Waals surface area contributed by atoms with Crippen molar-refractivity contribution in [2.24, 2.45) is 5.92 Å². The molecule has 5 nitrogen and oxygen atoms in total. The second-order valence-corrected chi connectivity index (χ2v) is 4.75. The van der Waals surface area contributed by atoms with Gasteiger partial charge in [-0.25, -0.2) is 14.2 Å². The zero-order valence-corrected chi connectivity index (χ0v) is 10.7. The summed E-state index contributed by atoms with van der Waals surface area (Å²) >= 11 is 5.53. The minimum atomic E-state index is -1.06. The lowest BCUT2D eigenvalue weighted by molar-refractivity contribution is 0.0803. The number of rotatable bonds is 2. The normalized spacial score (nSPS) is 19.3. The van der Waals surface area contributed by atoms with Crippen molar-refractivity contribution in [2.45, 2.75) is 12.8 Å². The lowest BCUT2D eigenvalue weighted by atomic mass is 9.90. The summed E-state index contributed by atoms with van der Waals surface area (Å²) in [5, 5.41) is 8.57. The average Bonchev–Trinajstić information content (AvgIpc) is 2.41. The molecule has 0 aliphatic carbocycles. The number of ketones is 1. The minimum absolute atomic E-state index is 0.0908. The van der Waals surface area contributed by atoms with Gasteiger partial charge in [-0.15, -0.1) is 0 Å². The van der Waals surface area contributed by atoms with Crippen molar-refractivity contribution < 1.29 is 19.1 Å². The summed E-state index contributed by atoms with van der Waals surface area (Å²) in [6.45, 7) is 0.492. The predicted molar refractivity (Wildman–Crippen MR) is 65.9 cm³/mol. The number of carbonyl (C=O) groups excluding carboxylic acids is 1. The Balaban J connectivity index is 2.19. The molecule has 1 aromatic rings. The van der Waals surface area contributed by atoms with Crippen molar-refractivity contribution in [3.63, 3.8) is 0 Å². The maximum atomic E-state index is 13.7. The van der Waals surface area contributed by atoms with Crippen molar-refractivity contribution in [3.05, 3.63) is 28.8 Å². The van der Waals surface area contributed by atoms with Crippen LogP contribution in [0.3, 0.4) is 0 Å². The number of nitrogens with zero attached hydrogens (tertiary/aromatic N) is 2. The summed E-state index contributed by atoms with van der Waals surface area (Å²) in [5.41, 5.74) is -0.128. The Labute approximate surface area is 114 Å². The molecule has 0 saturated carbocycles. The Kier molecular flexibility index (Phi) is 3.99. The zero-order chi connectivity index (χ0) is 14.0. The lowest BCUT2D eigenvalue weighted by Gasteiger charge is -2.29. The van der Waals surface area contributed by atoms with Gasteiger partial charge in [-0.1, -0.05) is 11.6 Å². The molecule has 1 N–H and O–H groups in total. The van der Waals surface area contributed by atoms with Crippen molar-refractivity contribution in [1.82, 2.24) is 9.88 Å². The maximum Gasteiger partial charge on any atom is 0.407 e. The number of hydrogen-bond acceptors (Lipinski definition) is 3. The Hall–Kier alpha value is -1.69.